The molecule has 0 aromatic heterocycles. The van der Waals surface area contributed by atoms with Crippen LogP contribution in [0.3, 0.4) is 0 Å². The van der Waals surface area contributed by atoms with Gasteiger partial charge in [-0.3, -0.25) is 48.9 Å². The number of nitro groups is 4. The minimum Gasteiger partial charge on any atom is -0.759 e. The highest BCUT2D eigenvalue weighted by Gasteiger charge is 2.33. The fourth-order valence-corrected chi connectivity index (χ4v) is 2.86. The van der Waals surface area contributed by atoms with Gasteiger partial charge < -0.3 is 9.11 Å². The summed E-state index contributed by atoms with van der Waals surface area (Å²) < 4.78 is 34.0. The van der Waals surface area contributed by atoms with E-state index in [1.165, 1.54) is 0 Å². The van der Waals surface area contributed by atoms with E-state index in [1.807, 2.05) is 0 Å². The molecule has 0 radical (unpaired) electrons. The number of non-ortho nitro benzene ring substituents is 2. The Bertz CT molecular complexity index is 1300. The fourth-order valence-electron chi connectivity index (χ4n) is 1.83. The molecule has 2 rings (SSSR count). The lowest BCUT2D eigenvalue weighted by atomic mass is 10.2. The van der Waals surface area contributed by atoms with Gasteiger partial charge in [-0.25, -0.2) is 0 Å². The molecule has 0 aliphatic carbocycles. The zero-order valence-electron chi connectivity index (χ0n) is 16.0. The van der Waals surface area contributed by atoms with Crippen molar-refractivity contribution in [2.24, 2.45) is 0 Å². The summed E-state index contributed by atoms with van der Waals surface area (Å²) in [5, 5.41) is 58.8. The van der Waals surface area contributed by atoms with Crippen LogP contribution in [0.2, 0.25) is 0 Å². The van der Waals surface area contributed by atoms with Crippen molar-refractivity contribution in [2.75, 3.05) is 0 Å². The van der Waals surface area contributed by atoms with Gasteiger partial charge in [0.25, 0.3) is 11.4 Å². The first-order chi connectivity index (χ1) is 15.9. The summed E-state index contributed by atoms with van der Waals surface area (Å²) in [4.78, 5) is 43.9. The summed E-state index contributed by atoms with van der Waals surface area (Å²) >= 11 is 5.66. The Labute approximate surface area is 207 Å². The van der Waals surface area contributed by atoms with E-state index >= 15 is 0 Å². The number of nitro benzene ring substituents is 4. The number of halogens is 2. The van der Waals surface area contributed by atoms with Crippen molar-refractivity contribution in [1.29, 1.82) is 10.8 Å². The molecule has 35 heavy (non-hydrogen) atoms. The number of hydrogen-bond acceptors (Lipinski definition) is 14. The highest BCUT2D eigenvalue weighted by atomic mass is 79.9. The molecule has 0 unspecified atom stereocenters. The molecule has 0 saturated heterocycles. The minimum atomic E-state index is -5.17. The number of nitrogens with zero attached hydrogens (tertiary/aromatic N) is 8. The maximum Gasteiger partial charge on any atom is 0.475 e. The van der Waals surface area contributed by atoms with Crippen molar-refractivity contribution in [3.05, 3.63) is 83.6 Å². The lowest BCUT2D eigenvalue weighted by Crippen LogP contribution is -1.93. The molecule has 0 fully saturated rings. The van der Waals surface area contributed by atoms with E-state index in [4.69, 9.17) is 28.3 Å². The number of rotatable bonds is 4. The Kier molecular flexibility index (Phi) is 11.2. The van der Waals surface area contributed by atoms with Crippen LogP contribution in [-0.4, -0.2) is 37.2 Å². The molecule has 0 bridgehead atoms. The predicted molar refractivity (Wildman–Crippen MR) is 115 cm³/mol. The van der Waals surface area contributed by atoms with E-state index in [0.29, 0.717) is 0 Å². The van der Waals surface area contributed by atoms with Crippen molar-refractivity contribution in [1.82, 2.24) is 0 Å². The van der Waals surface area contributed by atoms with Crippen LogP contribution in [0.1, 0.15) is 0 Å². The Balaban J connectivity index is 0.000000555. The number of hydrogen-bond donors (Lipinski definition) is 0. The van der Waals surface area contributed by atoms with Crippen LogP contribution in [0.15, 0.2) is 33.2 Å². The lowest BCUT2D eigenvalue weighted by Gasteiger charge is -2.06. The molecular formula is C12H4Br2N8O12S. The molecule has 0 saturated carbocycles. The van der Waals surface area contributed by atoms with Crippen LogP contribution < -0.4 is 0 Å². The van der Waals surface area contributed by atoms with Gasteiger partial charge >= 0.3 is 22.7 Å². The van der Waals surface area contributed by atoms with Gasteiger partial charge in [-0.2, -0.15) is 0 Å². The lowest BCUT2D eigenvalue weighted by molar-refractivity contribution is -0.393. The average molecular weight is 644 g/mol. The van der Waals surface area contributed by atoms with Gasteiger partial charge in [0.15, 0.2) is 9.95 Å². The third-order valence-electron chi connectivity index (χ3n) is 3.07. The second-order valence-corrected chi connectivity index (χ2v) is 7.75. The van der Waals surface area contributed by atoms with E-state index in [-0.39, 0.29) is 20.3 Å². The first-order valence-corrected chi connectivity index (χ1v) is 10.5. The molecule has 2 aromatic carbocycles. The Morgan fingerprint density at radius 2 is 0.914 bits per heavy atom. The SMILES string of the molecule is N#[N+]c1c(Br)cc([N+](=O)[O-])cc1[N+](=O)[O-].N#[N+]c1c(Br)cc([N+](=O)[O-])cc1[N+](=O)[O-].O=S(=O)([O-])[O-]. The van der Waals surface area contributed by atoms with Gasteiger partial charge in [0, 0.05) is 22.5 Å². The van der Waals surface area contributed by atoms with Gasteiger partial charge in [0.1, 0.15) is 21.1 Å². The van der Waals surface area contributed by atoms with Crippen molar-refractivity contribution in [3.63, 3.8) is 0 Å². The zero-order chi connectivity index (χ0) is 27.7. The van der Waals surface area contributed by atoms with Crippen molar-refractivity contribution < 1.29 is 37.2 Å². The number of diazo groups is 2. The van der Waals surface area contributed by atoms with E-state index < -0.39 is 52.8 Å². The smallest absolute Gasteiger partial charge is 0.475 e. The second kappa shape index (κ2) is 12.8. The Morgan fingerprint density at radius 1 is 0.657 bits per heavy atom. The molecule has 0 amide bonds. The maximum atomic E-state index is 10.5. The van der Waals surface area contributed by atoms with Crippen LogP contribution in [0.5, 0.6) is 0 Å². The van der Waals surface area contributed by atoms with Gasteiger partial charge in [0.05, 0.1) is 19.7 Å². The molecule has 23 heteroatoms. The Morgan fingerprint density at radius 3 is 1.09 bits per heavy atom. The van der Waals surface area contributed by atoms with Crippen LogP contribution in [0.4, 0.5) is 34.1 Å². The topological polar surface area (TPSA) is 309 Å². The van der Waals surface area contributed by atoms with Crippen molar-refractivity contribution in [3.8, 4) is 0 Å². The third-order valence-corrected chi connectivity index (χ3v) is 4.28. The molecule has 184 valence electrons. The molecular weight excluding hydrogens is 640 g/mol. The fraction of sp³-hybridized carbons (Fsp3) is 0. The summed E-state index contributed by atoms with van der Waals surface area (Å²) in [5.74, 6) is 0. The first kappa shape index (κ1) is 30.7. The van der Waals surface area contributed by atoms with Crippen LogP contribution >= 0.6 is 31.9 Å². The molecule has 20 nitrogen and oxygen atoms in total. The van der Waals surface area contributed by atoms with Crippen molar-refractivity contribution in [2.45, 2.75) is 0 Å². The monoisotopic (exact) mass is 642 g/mol. The predicted octanol–water partition coefficient (Wildman–Crippen LogP) is 4.16. The summed E-state index contributed by atoms with van der Waals surface area (Å²) in [5.41, 5.74) is -2.91. The maximum absolute atomic E-state index is 10.5. The van der Waals surface area contributed by atoms with Gasteiger partial charge in [-0.05, 0) is 31.9 Å². The zero-order valence-corrected chi connectivity index (χ0v) is 19.9. The summed E-state index contributed by atoms with van der Waals surface area (Å²) in [7, 11) is -5.17. The normalized spacial score (nSPS) is 9.66. The van der Waals surface area contributed by atoms with E-state index in [0.717, 1.165) is 24.3 Å². The molecule has 0 aliphatic heterocycles. The largest absolute Gasteiger partial charge is 0.759 e. The highest BCUT2D eigenvalue weighted by Crippen LogP contribution is 2.39. The van der Waals surface area contributed by atoms with Crippen LogP contribution in [0.25, 0.3) is 9.95 Å². The van der Waals surface area contributed by atoms with Crippen LogP contribution in [0, 0.1) is 51.2 Å². The standard InChI is InChI=1S/2C6H2BrN4O4.H2O4S/c2*7-4-1-3(10(12)13)2-5(11(14)15)6(4)9-8;1-5(2,3)4/h2*1-2H;(H2,1,2,3,4)/q2*+1;/p-2. The molecule has 0 heterocycles. The quantitative estimate of drug-likeness (QED) is 0.148. The molecule has 0 atom stereocenters. The third kappa shape index (κ3) is 10.0. The summed E-state index contributed by atoms with van der Waals surface area (Å²) in [6, 6.07) is 3.48. The highest BCUT2D eigenvalue weighted by molar-refractivity contribution is 9.11. The Hall–Kier alpha value is -4.29. The molecule has 0 spiro atoms. The van der Waals surface area contributed by atoms with Gasteiger partial charge in [-0.15, -0.1) is 0 Å². The van der Waals surface area contributed by atoms with E-state index in [2.05, 4.69) is 41.8 Å². The summed E-state index contributed by atoms with van der Waals surface area (Å²) in [6.45, 7) is 0. The van der Waals surface area contributed by atoms with E-state index in [9.17, 15) is 40.5 Å². The van der Waals surface area contributed by atoms with Crippen molar-refractivity contribution >= 4 is 76.4 Å². The molecule has 0 N–H and O–H groups in total. The first-order valence-electron chi connectivity index (χ1n) is 7.56. The van der Waals surface area contributed by atoms with Gasteiger partial charge in [-0.1, -0.05) is 0 Å². The molecule has 0 aliphatic rings. The second-order valence-electron chi connectivity index (χ2n) is 5.23. The summed E-state index contributed by atoms with van der Waals surface area (Å²) in [6.07, 6.45) is 0. The van der Waals surface area contributed by atoms with Crippen LogP contribution in [-0.2, 0) is 10.4 Å². The minimum absolute atomic E-state index is 0.0223. The number of benzene rings is 2. The van der Waals surface area contributed by atoms with Gasteiger partial charge in [0.2, 0.25) is 10.8 Å². The average Bonchev–Trinajstić information content (AvgIpc) is 2.71. The molecule has 2 aromatic rings. The van der Waals surface area contributed by atoms with E-state index in [1.54, 1.807) is 0 Å².